The molecule has 3 fully saturated rings. The molecule has 0 N–H and O–H groups in total. The molecule has 0 spiro atoms. The Hall–Kier alpha value is -3.94. The molecule has 2 saturated heterocycles. The van der Waals surface area contributed by atoms with Crippen LogP contribution in [0.25, 0.3) is 6.08 Å². The summed E-state index contributed by atoms with van der Waals surface area (Å²) >= 11 is 0. The van der Waals surface area contributed by atoms with Gasteiger partial charge < -0.3 is 28.7 Å². The number of hydrogen-bond acceptors (Lipinski definition) is 6. The van der Waals surface area contributed by atoms with Crippen LogP contribution >= 0.6 is 0 Å². The molecule has 1 saturated carbocycles. The summed E-state index contributed by atoms with van der Waals surface area (Å²) in [5.74, 6) is 3.66. The Kier molecular flexibility index (Phi) is 9.49. The van der Waals surface area contributed by atoms with Gasteiger partial charge in [-0.05, 0) is 111 Å². The van der Waals surface area contributed by atoms with E-state index in [1.807, 2.05) is 29.2 Å². The minimum atomic E-state index is -0.109. The fourth-order valence-corrected chi connectivity index (χ4v) is 8.00. The molecule has 5 aliphatic rings. The van der Waals surface area contributed by atoms with E-state index in [0.717, 1.165) is 112 Å². The number of hydrogen-bond donors (Lipinski definition) is 0. The lowest BCUT2D eigenvalue weighted by Crippen LogP contribution is -2.54. The Morgan fingerprint density at radius 2 is 1.39 bits per heavy atom. The van der Waals surface area contributed by atoms with Crippen LogP contribution in [0.15, 0.2) is 54.6 Å². The van der Waals surface area contributed by atoms with Crippen molar-refractivity contribution < 1.29 is 28.5 Å². The number of piperidine rings is 2. The molecule has 244 valence electrons. The van der Waals surface area contributed by atoms with Crippen LogP contribution in [0, 0.1) is 17.8 Å². The largest absolute Gasteiger partial charge is 0.454 e. The van der Waals surface area contributed by atoms with Gasteiger partial charge in [-0.3, -0.25) is 9.59 Å². The molecular formula is C38H46N2O6. The second-order valence-corrected chi connectivity index (χ2v) is 13.3. The monoisotopic (exact) mass is 626 g/mol. The number of fused-ring (bicyclic) bond motifs is 2. The minimum absolute atomic E-state index is 0.00485. The highest BCUT2D eigenvalue weighted by Crippen LogP contribution is 2.57. The predicted molar refractivity (Wildman–Crippen MR) is 176 cm³/mol. The van der Waals surface area contributed by atoms with Crippen LogP contribution in [0.5, 0.6) is 23.0 Å². The van der Waals surface area contributed by atoms with E-state index in [4.69, 9.17) is 18.9 Å². The molecule has 0 bridgehead atoms. The van der Waals surface area contributed by atoms with Gasteiger partial charge in [0.05, 0.1) is 0 Å². The van der Waals surface area contributed by atoms with Crippen LogP contribution in [0.3, 0.4) is 0 Å². The van der Waals surface area contributed by atoms with Crippen molar-refractivity contribution in [1.82, 2.24) is 9.80 Å². The molecule has 0 radical (unpaired) electrons. The van der Waals surface area contributed by atoms with E-state index in [1.165, 1.54) is 12.8 Å². The van der Waals surface area contributed by atoms with E-state index in [1.54, 1.807) is 6.08 Å². The zero-order chi connectivity index (χ0) is 31.3. The first-order chi connectivity index (χ1) is 22.7. The Balaban J connectivity index is 1.08. The average Bonchev–Trinajstić information content (AvgIpc) is 3.77. The second-order valence-electron chi connectivity index (χ2n) is 13.3. The topological polar surface area (TPSA) is 77.5 Å². The van der Waals surface area contributed by atoms with Gasteiger partial charge in [0, 0.05) is 38.0 Å². The molecule has 1 aliphatic carbocycles. The lowest BCUT2D eigenvalue weighted by Gasteiger charge is -2.52. The average molecular weight is 627 g/mol. The molecule has 4 aliphatic heterocycles. The van der Waals surface area contributed by atoms with Crippen LogP contribution in [0.2, 0.25) is 0 Å². The van der Waals surface area contributed by atoms with E-state index < -0.39 is 0 Å². The highest BCUT2D eigenvalue weighted by molar-refractivity contribution is 5.88. The van der Waals surface area contributed by atoms with Gasteiger partial charge in [0.15, 0.2) is 23.0 Å². The van der Waals surface area contributed by atoms with E-state index in [9.17, 15) is 9.59 Å². The number of ether oxygens (including phenoxy) is 4. The molecule has 4 heterocycles. The number of allylic oxidation sites excluding steroid dienone is 2. The first kappa shape index (κ1) is 30.7. The van der Waals surface area contributed by atoms with Crippen molar-refractivity contribution in [3.05, 3.63) is 65.8 Å². The molecule has 8 nitrogen and oxygen atoms in total. The Morgan fingerprint density at radius 1 is 0.739 bits per heavy atom. The summed E-state index contributed by atoms with van der Waals surface area (Å²) in [5, 5.41) is 0. The van der Waals surface area contributed by atoms with Gasteiger partial charge >= 0.3 is 0 Å². The van der Waals surface area contributed by atoms with Gasteiger partial charge in [-0.15, -0.1) is 0 Å². The minimum Gasteiger partial charge on any atom is -0.454 e. The predicted octanol–water partition coefficient (Wildman–Crippen LogP) is 6.94. The van der Waals surface area contributed by atoms with E-state index >= 15 is 0 Å². The third-order valence-electron chi connectivity index (χ3n) is 10.5. The molecule has 46 heavy (non-hydrogen) atoms. The summed E-state index contributed by atoms with van der Waals surface area (Å²) in [6, 6.07) is 12.2. The van der Waals surface area contributed by atoms with Crippen LogP contribution in [-0.4, -0.2) is 61.4 Å². The third kappa shape index (κ3) is 6.62. The maximum Gasteiger partial charge on any atom is 0.246 e. The lowest BCUT2D eigenvalue weighted by molar-refractivity contribution is -0.146. The van der Waals surface area contributed by atoms with E-state index in [2.05, 4.69) is 35.3 Å². The molecule has 2 unspecified atom stereocenters. The molecular weight excluding hydrogens is 580 g/mol. The van der Waals surface area contributed by atoms with Gasteiger partial charge in [0.1, 0.15) is 0 Å². The zero-order valence-electron chi connectivity index (χ0n) is 26.7. The van der Waals surface area contributed by atoms with Gasteiger partial charge in [0.2, 0.25) is 25.4 Å². The SMILES string of the molecule is O=C(/C=C\C1[C@@H](CCCC/C=C/c2ccc3c(c2)OCO3)C(C(=O)N2CCCCC2)[C@H]1c1ccc2c(c1)OCO2)N1CCCCC1. The molecule has 2 aromatic rings. The fraction of sp³-hybridized carbons (Fsp3) is 0.526. The summed E-state index contributed by atoms with van der Waals surface area (Å²) < 4.78 is 22.3. The summed E-state index contributed by atoms with van der Waals surface area (Å²) in [6.45, 7) is 3.85. The van der Waals surface area contributed by atoms with Crippen LogP contribution < -0.4 is 18.9 Å². The van der Waals surface area contributed by atoms with Crippen molar-refractivity contribution >= 4 is 17.9 Å². The summed E-state index contributed by atoms with van der Waals surface area (Å²) in [7, 11) is 0. The highest BCUT2D eigenvalue weighted by Gasteiger charge is 2.54. The first-order valence-corrected chi connectivity index (χ1v) is 17.4. The van der Waals surface area contributed by atoms with Gasteiger partial charge in [-0.1, -0.05) is 36.8 Å². The molecule has 8 heteroatoms. The third-order valence-corrected chi connectivity index (χ3v) is 10.5. The van der Waals surface area contributed by atoms with Crippen LogP contribution in [-0.2, 0) is 9.59 Å². The van der Waals surface area contributed by atoms with Crippen molar-refractivity contribution in [2.75, 3.05) is 39.8 Å². The summed E-state index contributed by atoms with van der Waals surface area (Å²) in [5.41, 5.74) is 2.20. The van der Waals surface area contributed by atoms with Crippen molar-refractivity contribution in [3.63, 3.8) is 0 Å². The summed E-state index contributed by atoms with van der Waals surface area (Å²) in [6.07, 6.45) is 18.9. The maximum absolute atomic E-state index is 14.3. The first-order valence-electron chi connectivity index (χ1n) is 17.4. The molecule has 4 atom stereocenters. The van der Waals surface area contributed by atoms with Gasteiger partial charge in [0.25, 0.3) is 0 Å². The summed E-state index contributed by atoms with van der Waals surface area (Å²) in [4.78, 5) is 31.6. The van der Waals surface area contributed by atoms with Crippen LogP contribution in [0.4, 0.5) is 0 Å². The number of likely N-dealkylation sites (tertiary alicyclic amines) is 2. The molecule has 2 amide bonds. The number of nitrogens with zero attached hydrogens (tertiary/aromatic N) is 2. The smallest absolute Gasteiger partial charge is 0.246 e. The Morgan fingerprint density at radius 3 is 2.13 bits per heavy atom. The fourth-order valence-electron chi connectivity index (χ4n) is 8.00. The highest BCUT2D eigenvalue weighted by atomic mass is 16.7. The molecule has 0 aromatic heterocycles. The van der Waals surface area contributed by atoms with Crippen LogP contribution in [0.1, 0.15) is 81.3 Å². The number of benzene rings is 2. The van der Waals surface area contributed by atoms with Crippen molar-refractivity contribution in [2.24, 2.45) is 17.8 Å². The second kappa shape index (κ2) is 14.2. The number of carbonyl (C=O) groups excluding carboxylic acids is 2. The Bertz CT molecular complexity index is 1460. The standard InChI is InChI=1S/C38H46N2O6/c41-35(39-19-7-3-8-20-39)18-15-30-29(12-6-2-1-5-11-27-13-16-31-33(23-27)45-25-43-31)37(38(42)40-21-9-4-10-22-40)36(30)28-14-17-32-34(24-28)46-26-44-32/h5,11,13-18,23-24,29-30,36-37H,1-4,6-10,12,19-22,25-26H2/b11-5+,18-15-/t29-,30?,36+,37?/m1/s1. The zero-order valence-corrected chi connectivity index (χ0v) is 26.7. The number of amides is 2. The molecule has 2 aromatic carbocycles. The quantitative estimate of drug-likeness (QED) is 0.210. The number of rotatable bonds is 10. The number of carbonyl (C=O) groups is 2. The normalized spacial score (nSPS) is 25.3. The van der Waals surface area contributed by atoms with Gasteiger partial charge in [-0.25, -0.2) is 0 Å². The van der Waals surface area contributed by atoms with Crippen molar-refractivity contribution in [3.8, 4) is 23.0 Å². The Labute approximate surface area is 272 Å². The van der Waals surface area contributed by atoms with E-state index in [-0.39, 0.29) is 49.1 Å². The number of unbranched alkanes of at least 4 members (excludes halogenated alkanes) is 2. The van der Waals surface area contributed by atoms with E-state index in [0.29, 0.717) is 0 Å². The maximum atomic E-state index is 14.3. The molecule has 7 rings (SSSR count). The van der Waals surface area contributed by atoms with Crippen molar-refractivity contribution in [1.29, 1.82) is 0 Å². The van der Waals surface area contributed by atoms with Gasteiger partial charge in [-0.2, -0.15) is 0 Å². The van der Waals surface area contributed by atoms with Crippen molar-refractivity contribution in [2.45, 2.75) is 70.1 Å². The lowest BCUT2D eigenvalue weighted by atomic mass is 9.52.